The van der Waals surface area contributed by atoms with Crippen molar-refractivity contribution in [3.05, 3.63) is 40.4 Å². The van der Waals surface area contributed by atoms with Gasteiger partial charge >= 0.3 is 0 Å². The van der Waals surface area contributed by atoms with Crippen molar-refractivity contribution >= 4 is 28.2 Å². The molecule has 0 unspecified atom stereocenters. The fourth-order valence-corrected chi connectivity index (χ4v) is 1.41. The molecule has 0 heterocycles. The first-order chi connectivity index (χ1) is 6.15. The molecule has 13 heavy (non-hydrogen) atoms. The highest BCUT2D eigenvalue weighted by Crippen LogP contribution is 2.25. The zero-order chi connectivity index (χ0) is 9.84. The van der Waals surface area contributed by atoms with Crippen molar-refractivity contribution in [1.82, 2.24) is 0 Å². The molecule has 66 valence electrons. The van der Waals surface area contributed by atoms with Gasteiger partial charge < -0.3 is 0 Å². The summed E-state index contributed by atoms with van der Waals surface area (Å²) in [5, 5.41) is 9.45. The van der Waals surface area contributed by atoms with E-state index in [1.54, 1.807) is 12.1 Å². The second-order valence-electron chi connectivity index (χ2n) is 2.58. The summed E-state index contributed by atoms with van der Waals surface area (Å²) in [5.41, 5.74) is 1.80. The molecule has 0 amide bonds. The number of benzene rings is 1. The summed E-state index contributed by atoms with van der Waals surface area (Å²) in [6, 6.07) is 7.27. The van der Waals surface area contributed by atoms with Gasteiger partial charge in [-0.05, 0) is 30.2 Å². The topological polar surface area (TPSA) is 23.8 Å². The lowest BCUT2D eigenvalue weighted by Crippen LogP contribution is -1.83. The van der Waals surface area contributed by atoms with E-state index in [1.807, 2.05) is 19.1 Å². The van der Waals surface area contributed by atoms with Crippen LogP contribution in [0.4, 0.5) is 0 Å². The molecule has 1 aromatic carbocycles. The van der Waals surface area contributed by atoms with Crippen LogP contribution in [0, 0.1) is 18.3 Å². The van der Waals surface area contributed by atoms with E-state index in [4.69, 9.17) is 28.5 Å². The summed E-state index contributed by atoms with van der Waals surface area (Å²) in [7, 11) is 0. The predicted octanol–water partition coefficient (Wildman–Crippen LogP) is 3.75. The lowest BCUT2D eigenvalue weighted by Gasteiger charge is -2.03. The third-order valence-electron chi connectivity index (χ3n) is 1.65. The third kappa shape index (κ3) is 2.48. The second-order valence-corrected chi connectivity index (χ2v) is 3.42. The van der Waals surface area contributed by atoms with Crippen LogP contribution in [0.2, 0.25) is 5.02 Å². The van der Waals surface area contributed by atoms with E-state index in [-0.39, 0.29) is 0 Å². The first kappa shape index (κ1) is 10.1. The highest BCUT2D eigenvalue weighted by molar-refractivity contribution is 6.49. The predicted molar refractivity (Wildman–Crippen MR) is 55.6 cm³/mol. The highest BCUT2D eigenvalue weighted by atomic mass is 35.5. The number of allylic oxidation sites excluding steroid dienone is 1. The van der Waals surface area contributed by atoms with Gasteiger partial charge in [-0.25, -0.2) is 0 Å². The number of hydrogen-bond donors (Lipinski definition) is 0. The molecule has 0 fully saturated rings. The largest absolute Gasteiger partial charge is 0.193 e. The van der Waals surface area contributed by atoms with Gasteiger partial charge in [0.15, 0.2) is 0 Å². The molecule has 1 aromatic rings. The quantitative estimate of drug-likeness (QED) is 0.650. The van der Waals surface area contributed by atoms with E-state index in [0.29, 0.717) is 10.1 Å². The van der Waals surface area contributed by atoms with Crippen LogP contribution >= 0.6 is 23.2 Å². The van der Waals surface area contributed by atoms with E-state index >= 15 is 0 Å². The molecule has 0 N–H and O–H groups in total. The Labute approximate surface area is 87.2 Å². The lowest BCUT2D eigenvalue weighted by molar-refractivity contribution is 1.44. The molecule has 0 aromatic heterocycles. The molecular formula is C10H7Cl2N. The van der Waals surface area contributed by atoms with Gasteiger partial charge in [0.1, 0.15) is 0 Å². The van der Waals surface area contributed by atoms with Crippen LogP contribution in [0.15, 0.2) is 24.3 Å². The minimum atomic E-state index is 0.419. The SMILES string of the molecule is Cc1ccc(Cl)cc1/C(Cl)=C/C#N. The zero-order valence-electron chi connectivity index (χ0n) is 7.01. The third-order valence-corrected chi connectivity index (χ3v) is 2.20. The summed E-state index contributed by atoms with van der Waals surface area (Å²) < 4.78 is 0. The van der Waals surface area contributed by atoms with Crippen molar-refractivity contribution in [1.29, 1.82) is 5.26 Å². The Morgan fingerprint density at radius 1 is 1.54 bits per heavy atom. The molecule has 0 radical (unpaired) electrons. The van der Waals surface area contributed by atoms with E-state index in [2.05, 4.69) is 0 Å². The van der Waals surface area contributed by atoms with Gasteiger partial charge in [0.25, 0.3) is 0 Å². The van der Waals surface area contributed by atoms with Crippen LogP contribution < -0.4 is 0 Å². The van der Waals surface area contributed by atoms with E-state index in [1.165, 1.54) is 6.08 Å². The molecule has 0 spiro atoms. The molecule has 0 bridgehead atoms. The Bertz CT molecular complexity index is 388. The van der Waals surface area contributed by atoms with E-state index in [0.717, 1.165) is 11.1 Å². The summed E-state index contributed by atoms with van der Waals surface area (Å²) >= 11 is 11.7. The molecule has 0 saturated heterocycles. The Morgan fingerprint density at radius 3 is 2.85 bits per heavy atom. The number of nitrogens with zero attached hydrogens (tertiary/aromatic N) is 1. The summed E-state index contributed by atoms with van der Waals surface area (Å²) in [4.78, 5) is 0. The number of halogens is 2. The van der Waals surface area contributed by atoms with Crippen LogP contribution in [0.25, 0.3) is 5.03 Å². The Hall–Kier alpha value is -0.970. The van der Waals surface area contributed by atoms with E-state index in [9.17, 15) is 0 Å². The standard InChI is InChI=1S/C10H7Cl2N/c1-7-2-3-8(11)6-9(7)10(12)4-5-13/h2-4,6H,1H3/b10-4-. The van der Waals surface area contributed by atoms with Gasteiger partial charge in [0, 0.05) is 11.1 Å². The average molecular weight is 212 g/mol. The highest BCUT2D eigenvalue weighted by Gasteiger charge is 2.02. The van der Waals surface area contributed by atoms with Gasteiger partial charge in [0.05, 0.1) is 11.1 Å². The van der Waals surface area contributed by atoms with Gasteiger partial charge in [-0.2, -0.15) is 5.26 Å². The monoisotopic (exact) mass is 211 g/mol. The van der Waals surface area contributed by atoms with Gasteiger partial charge in [-0.15, -0.1) is 0 Å². The number of hydrogen-bond acceptors (Lipinski definition) is 1. The van der Waals surface area contributed by atoms with Crippen molar-refractivity contribution in [2.24, 2.45) is 0 Å². The Balaban J connectivity index is 3.22. The maximum absolute atomic E-state index is 8.41. The van der Waals surface area contributed by atoms with Crippen LogP contribution in [0.5, 0.6) is 0 Å². The lowest BCUT2D eigenvalue weighted by atomic mass is 10.1. The second kappa shape index (κ2) is 4.32. The fourth-order valence-electron chi connectivity index (χ4n) is 0.986. The summed E-state index contributed by atoms with van der Waals surface area (Å²) in [6.07, 6.45) is 1.29. The molecule has 0 atom stereocenters. The molecule has 0 aliphatic carbocycles. The van der Waals surface area contributed by atoms with Crippen molar-refractivity contribution in [2.45, 2.75) is 6.92 Å². The minimum absolute atomic E-state index is 0.419. The van der Waals surface area contributed by atoms with Crippen molar-refractivity contribution < 1.29 is 0 Å². The van der Waals surface area contributed by atoms with Gasteiger partial charge in [-0.1, -0.05) is 29.3 Å². The molecular weight excluding hydrogens is 205 g/mol. The maximum Gasteiger partial charge on any atom is 0.0927 e. The van der Waals surface area contributed by atoms with Crippen LogP contribution in [-0.4, -0.2) is 0 Å². The van der Waals surface area contributed by atoms with Crippen LogP contribution in [0.3, 0.4) is 0 Å². The number of aryl methyl sites for hydroxylation is 1. The Morgan fingerprint density at radius 2 is 2.23 bits per heavy atom. The fraction of sp³-hybridized carbons (Fsp3) is 0.100. The van der Waals surface area contributed by atoms with Crippen LogP contribution in [-0.2, 0) is 0 Å². The average Bonchev–Trinajstić information content (AvgIpc) is 2.09. The number of nitriles is 1. The molecule has 0 aliphatic rings. The molecule has 0 aliphatic heterocycles. The minimum Gasteiger partial charge on any atom is -0.193 e. The molecule has 1 rings (SSSR count). The van der Waals surface area contributed by atoms with Crippen molar-refractivity contribution in [3.63, 3.8) is 0 Å². The van der Waals surface area contributed by atoms with Crippen molar-refractivity contribution in [3.8, 4) is 6.07 Å². The van der Waals surface area contributed by atoms with Crippen LogP contribution in [0.1, 0.15) is 11.1 Å². The van der Waals surface area contributed by atoms with Gasteiger partial charge in [0.2, 0.25) is 0 Å². The first-order valence-corrected chi connectivity index (χ1v) is 4.42. The first-order valence-electron chi connectivity index (χ1n) is 3.67. The Kier molecular flexibility index (Phi) is 3.36. The van der Waals surface area contributed by atoms with E-state index < -0.39 is 0 Å². The molecule has 0 saturated carbocycles. The normalized spacial score (nSPS) is 11.1. The van der Waals surface area contributed by atoms with Gasteiger partial charge in [-0.3, -0.25) is 0 Å². The number of rotatable bonds is 1. The smallest absolute Gasteiger partial charge is 0.0927 e. The van der Waals surface area contributed by atoms with Crippen molar-refractivity contribution in [2.75, 3.05) is 0 Å². The summed E-state index contributed by atoms with van der Waals surface area (Å²) in [5.74, 6) is 0. The maximum atomic E-state index is 8.41. The zero-order valence-corrected chi connectivity index (χ0v) is 8.52. The molecule has 3 heteroatoms. The summed E-state index contributed by atoms with van der Waals surface area (Å²) in [6.45, 7) is 1.92. The molecule has 1 nitrogen and oxygen atoms in total.